The maximum Gasteiger partial charge on any atom is 0.303 e. The van der Waals surface area contributed by atoms with Crippen molar-refractivity contribution in [2.24, 2.45) is 5.92 Å². The lowest BCUT2D eigenvalue weighted by molar-refractivity contribution is -0.141. The number of likely N-dealkylation sites (tertiary alicyclic amines) is 1. The normalized spacial score (nSPS) is 22.9. The quantitative estimate of drug-likeness (QED) is 0.734. The average Bonchev–Trinajstić information content (AvgIpc) is 2.26. The first-order valence-electron chi connectivity index (χ1n) is 5.68. The molecule has 16 heavy (non-hydrogen) atoms. The van der Waals surface area contributed by atoms with E-state index in [0.717, 1.165) is 12.8 Å². The molecule has 0 aromatic carbocycles. The number of aliphatic hydroxyl groups excluding tert-OH is 1. The van der Waals surface area contributed by atoms with Gasteiger partial charge in [-0.2, -0.15) is 0 Å². The van der Waals surface area contributed by atoms with E-state index >= 15 is 0 Å². The molecule has 0 aliphatic carbocycles. The van der Waals surface area contributed by atoms with E-state index in [1.807, 2.05) is 0 Å². The first kappa shape index (κ1) is 13.0. The van der Waals surface area contributed by atoms with E-state index in [0.29, 0.717) is 13.1 Å². The van der Waals surface area contributed by atoms with Crippen molar-refractivity contribution >= 4 is 11.9 Å². The van der Waals surface area contributed by atoms with Crippen LogP contribution in [0.25, 0.3) is 0 Å². The van der Waals surface area contributed by atoms with Crippen LogP contribution in [0.5, 0.6) is 0 Å². The smallest absolute Gasteiger partial charge is 0.303 e. The molecule has 5 nitrogen and oxygen atoms in total. The maximum absolute atomic E-state index is 11.7. The van der Waals surface area contributed by atoms with Crippen LogP contribution in [-0.2, 0) is 9.59 Å². The first-order valence-corrected chi connectivity index (χ1v) is 5.68. The van der Waals surface area contributed by atoms with Gasteiger partial charge in [-0.05, 0) is 19.8 Å². The van der Waals surface area contributed by atoms with Gasteiger partial charge in [0.15, 0.2) is 0 Å². The molecular weight excluding hydrogens is 210 g/mol. The van der Waals surface area contributed by atoms with Crippen LogP contribution >= 0.6 is 0 Å². The van der Waals surface area contributed by atoms with Crippen molar-refractivity contribution in [2.45, 2.75) is 38.7 Å². The van der Waals surface area contributed by atoms with Gasteiger partial charge in [0.1, 0.15) is 0 Å². The number of nitrogens with zero attached hydrogens (tertiary/aromatic N) is 1. The van der Waals surface area contributed by atoms with Crippen LogP contribution in [0.3, 0.4) is 0 Å². The van der Waals surface area contributed by atoms with Crippen molar-refractivity contribution in [3.63, 3.8) is 0 Å². The SMILES string of the molecule is C[C@H](O)[C@@H]1CCCN(C(=O)CCC(=O)O)C1. The summed E-state index contributed by atoms with van der Waals surface area (Å²) in [7, 11) is 0. The third-order valence-corrected chi connectivity index (χ3v) is 3.05. The first-order chi connectivity index (χ1) is 7.50. The molecule has 0 saturated carbocycles. The predicted molar refractivity (Wildman–Crippen MR) is 57.9 cm³/mol. The van der Waals surface area contributed by atoms with E-state index in [9.17, 15) is 14.7 Å². The molecule has 2 N–H and O–H groups in total. The summed E-state index contributed by atoms with van der Waals surface area (Å²) in [4.78, 5) is 23.7. The van der Waals surface area contributed by atoms with Gasteiger partial charge in [0, 0.05) is 25.4 Å². The van der Waals surface area contributed by atoms with Gasteiger partial charge in [-0.25, -0.2) is 0 Å². The number of amides is 1. The Morgan fingerprint density at radius 2 is 2.12 bits per heavy atom. The highest BCUT2D eigenvalue weighted by atomic mass is 16.4. The lowest BCUT2D eigenvalue weighted by Crippen LogP contribution is -2.43. The summed E-state index contributed by atoms with van der Waals surface area (Å²) in [6, 6.07) is 0. The second-order valence-electron chi connectivity index (χ2n) is 4.38. The number of carbonyl (C=O) groups is 2. The van der Waals surface area contributed by atoms with Crippen LogP contribution in [0.1, 0.15) is 32.6 Å². The van der Waals surface area contributed by atoms with Crippen molar-refractivity contribution in [2.75, 3.05) is 13.1 Å². The Morgan fingerprint density at radius 3 is 2.69 bits per heavy atom. The van der Waals surface area contributed by atoms with Crippen molar-refractivity contribution in [1.29, 1.82) is 0 Å². The monoisotopic (exact) mass is 229 g/mol. The van der Waals surface area contributed by atoms with Gasteiger partial charge in [-0.3, -0.25) is 9.59 Å². The topological polar surface area (TPSA) is 77.8 Å². The van der Waals surface area contributed by atoms with Crippen LogP contribution in [0.4, 0.5) is 0 Å². The second-order valence-corrected chi connectivity index (χ2v) is 4.38. The van der Waals surface area contributed by atoms with Crippen molar-refractivity contribution in [3.8, 4) is 0 Å². The van der Waals surface area contributed by atoms with Crippen LogP contribution in [0.15, 0.2) is 0 Å². The standard InChI is InChI=1S/C11H19NO4/c1-8(13)9-3-2-6-12(7-9)10(14)4-5-11(15)16/h8-9,13H,2-7H2,1H3,(H,15,16)/t8-,9+/m0/s1. The van der Waals surface area contributed by atoms with Gasteiger partial charge in [-0.15, -0.1) is 0 Å². The average molecular weight is 229 g/mol. The zero-order valence-electron chi connectivity index (χ0n) is 9.56. The second kappa shape index (κ2) is 5.84. The Balaban J connectivity index is 2.40. The number of hydrogen-bond acceptors (Lipinski definition) is 3. The summed E-state index contributed by atoms with van der Waals surface area (Å²) in [6.45, 7) is 2.97. The molecule has 0 bridgehead atoms. The molecule has 0 aromatic heterocycles. The molecular formula is C11H19NO4. The summed E-state index contributed by atoms with van der Waals surface area (Å²) < 4.78 is 0. The van der Waals surface area contributed by atoms with Crippen LogP contribution < -0.4 is 0 Å². The van der Waals surface area contributed by atoms with Crippen molar-refractivity contribution in [3.05, 3.63) is 0 Å². The van der Waals surface area contributed by atoms with Gasteiger partial charge in [-0.1, -0.05) is 0 Å². The van der Waals surface area contributed by atoms with E-state index in [2.05, 4.69) is 0 Å². The molecule has 0 spiro atoms. The molecule has 1 aliphatic heterocycles. The molecule has 0 aromatic rings. The van der Waals surface area contributed by atoms with E-state index in [-0.39, 0.29) is 24.7 Å². The van der Waals surface area contributed by atoms with Crippen molar-refractivity contribution < 1.29 is 19.8 Å². The minimum Gasteiger partial charge on any atom is -0.481 e. The van der Waals surface area contributed by atoms with Crippen LogP contribution in [0.2, 0.25) is 0 Å². The molecule has 92 valence electrons. The number of aliphatic carboxylic acids is 1. The molecule has 1 fully saturated rings. The Labute approximate surface area is 95.1 Å². The minimum atomic E-state index is -0.947. The fourth-order valence-corrected chi connectivity index (χ4v) is 2.00. The highest BCUT2D eigenvalue weighted by Crippen LogP contribution is 2.20. The van der Waals surface area contributed by atoms with Crippen molar-refractivity contribution in [1.82, 2.24) is 4.90 Å². The third kappa shape index (κ3) is 3.81. The van der Waals surface area contributed by atoms with Gasteiger partial charge < -0.3 is 15.1 Å². The Hall–Kier alpha value is -1.10. The predicted octanol–water partition coefficient (Wildman–Crippen LogP) is 0.471. The van der Waals surface area contributed by atoms with Gasteiger partial charge in [0.25, 0.3) is 0 Å². The molecule has 2 atom stereocenters. The van der Waals surface area contributed by atoms with Crippen LogP contribution in [-0.4, -0.2) is 46.2 Å². The molecule has 0 unspecified atom stereocenters. The number of carboxylic acids is 1. The largest absolute Gasteiger partial charge is 0.481 e. The highest BCUT2D eigenvalue weighted by Gasteiger charge is 2.26. The molecule has 1 saturated heterocycles. The zero-order valence-corrected chi connectivity index (χ0v) is 9.56. The number of aliphatic hydroxyl groups is 1. The summed E-state index contributed by atoms with van der Waals surface area (Å²) in [5.74, 6) is -0.937. The van der Waals surface area contributed by atoms with Gasteiger partial charge >= 0.3 is 5.97 Å². The molecule has 1 amide bonds. The number of carbonyl (C=O) groups excluding carboxylic acids is 1. The fourth-order valence-electron chi connectivity index (χ4n) is 2.00. The Morgan fingerprint density at radius 1 is 1.44 bits per heavy atom. The number of rotatable bonds is 4. The lowest BCUT2D eigenvalue weighted by Gasteiger charge is -2.34. The fraction of sp³-hybridized carbons (Fsp3) is 0.818. The van der Waals surface area contributed by atoms with Gasteiger partial charge in [0.2, 0.25) is 5.91 Å². The summed E-state index contributed by atoms with van der Waals surface area (Å²) in [5.41, 5.74) is 0. The molecule has 1 aliphatic rings. The molecule has 1 heterocycles. The summed E-state index contributed by atoms with van der Waals surface area (Å²) >= 11 is 0. The Bertz CT molecular complexity index is 265. The van der Waals surface area contributed by atoms with Gasteiger partial charge in [0.05, 0.1) is 12.5 Å². The number of hydrogen-bond donors (Lipinski definition) is 2. The Kier molecular flexibility index (Phi) is 4.73. The van der Waals surface area contributed by atoms with E-state index in [4.69, 9.17) is 5.11 Å². The molecule has 5 heteroatoms. The summed E-state index contributed by atoms with van der Waals surface area (Å²) in [5, 5.41) is 18.0. The third-order valence-electron chi connectivity index (χ3n) is 3.05. The number of carboxylic acid groups (broad SMARTS) is 1. The highest BCUT2D eigenvalue weighted by molar-refractivity contribution is 5.80. The van der Waals surface area contributed by atoms with Crippen LogP contribution in [0, 0.1) is 5.92 Å². The maximum atomic E-state index is 11.7. The lowest BCUT2D eigenvalue weighted by atomic mass is 9.93. The summed E-state index contributed by atoms with van der Waals surface area (Å²) in [6.07, 6.45) is 1.35. The minimum absolute atomic E-state index is 0.0574. The van der Waals surface area contributed by atoms with E-state index in [1.54, 1.807) is 11.8 Å². The number of piperidine rings is 1. The molecule has 1 rings (SSSR count). The zero-order chi connectivity index (χ0) is 12.1. The van der Waals surface area contributed by atoms with E-state index in [1.165, 1.54) is 0 Å². The van der Waals surface area contributed by atoms with E-state index < -0.39 is 12.1 Å². The molecule has 0 radical (unpaired) electrons.